The van der Waals surface area contributed by atoms with Crippen molar-refractivity contribution in [3.63, 3.8) is 0 Å². The Morgan fingerprint density at radius 2 is 1.80 bits per heavy atom. The highest BCUT2D eigenvalue weighted by Gasteiger charge is 2.35. The Morgan fingerprint density at radius 3 is 2.48 bits per heavy atom. The van der Waals surface area contributed by atoms with E-state index in [1.165, 1.54) is 23.2 Å². The van der Waals surface area contributed by atoms with Gasteiger partial charge in [-0.05, 0) is 42.8 Å². The highest BCUT2D eigenvalue weighted by atomic mass is 16.2. The van der Waals surface area contributed by atoms with E-state index in [2.05, 4.69) is 30.5 Å². The van der Waals surface area contributed by atoms with Gasteiger partial charge in [-0.25, -0.2) is 0 Å². The van der Waals surface area contributed by atoms with Crippen LogP contribution in [0.1, 0.15) is 25.3 Å². The third-order valence-electron chi connectivity index (χ3n) is 4.22. The van der Waals surface area contributed by atoms with E-state index in [0.717, 1.165) is 23.6 Å². The van der Waals surface area contributed by atoms with Crippen molar-refractivity contribution in [3.05, 3.63) is 70.2 Å². The summed E-state index contributed by atoms with van der Waals surface area (Å²) < 4.78 is 0. The minimum Gasteiger partial charge on any atom is -0.333 e. The number of hydrogen-bond donors (Lipinski definition) is 1. The van der Waals surface area contributed by atoms with E-state index in [0.29, 0.717) is 17.7 Å². The molecule has 0 saturated heterocycles. The van der Waals surface area contributed by atoms with E-state index in [9.17, 15) is 9.59 Å². The van der Waals surface area contributed by atoms with Gasteiger partial charge in [-0.1, -0.05) is 55.2 Å². The summed E-state index contributed by atoms with van der Waals surface area (Å²) in [5.41, 5.74) is 6.31. The molecule has 2 aliphatic rings. The van der Waals surface area contributed by atoms with Crippen LogP contribution in [0, 0.1) is 0 Å². The third kappa shape index (κ3) is 3.54. The van der Waals surface area contributed by atoms with E-state index >= 15 is 0 Å². The molecule has 0 atom stereocenters. The molecule has 1 heterocycles. The molecule has 4 heteroatoms. The Balaban J connectivity index is 0.00000109. The van der Waals surface area contributed by atoms with Crippen LogP contribution in [0.15, 0.2) is 54.2 Å². The SMILES string of the molecule is C=CC1=C(/C=C\C)C(=O)N(Cc2cccc3c2=CCCC=3)C1=O.CN. The number of hydrogen-bond acceptors (Lipinski definition) is 3. The number of imide groups is 1. The summed E-state index contributed by atoms with van der Waals surface area (Å²) in [4.78, 5) is 26.4. The lowest BCUT2D eigenvalue weighted by Crippen LogP contribution is -2.37. The van der Waals surface area contributed by atoms with Gasteiger partial charge in [0.2, 0.25) is 0 Å². The molecule has 0 radical (unpaired) electrons. The molecule has 1 aromatic carbocycles. The van der Waals surface area contributed by atoms with Crippen LogP contribution in [0.3, 0.4) is 0 Å². The molecule has 0 aromatic heterocycles. The van der Waals surface area contributed by atoms with E-state index in [1.807, 2.05) is 19.1 Å². The minimum atomic E-state index is -0.268. The van der Waals surface area contributed by atoms with Gasteiger partial charge in [-0.2, -0.15) is 0 Å². The van der Waals surface area contributed by atoms with Gasteiger partial charge in [0.05, 0.1) is 17.7 Å². The first-order chi connectivity index (χ1) is 12.2. The minimum absolute atomic E-state index is 0.250. The number of fused-ring (bicyclic) bond motifs is 1. The van der Waals surface area contributed by atoms with E-state index in [-0.39, 0.29) is 11.8 Å². The average molecular weight is 336 g/mol. The standard InChI is InChI=1S/C20H19NO2.CH5N/c1-3-8-18-16(4-2)19(22)21(20(18)23)13-15-11-7-10-14-9-5-6-12-17(14)15;1-2/h3-4,7-12H,2,5-6,13H2,1H3;2H2,1H3/b8-3-;. The predicted octanol–water partition coefficient (Wildman–Crippen LogP) is 1.54. The molecule has 0 spiro atoms. The Hall–Kier alpha value is -2.72. The number of nitrogens with zero attached hydrogens (tertiary/aromatic N) is 1. The highest BCUT2D eigenvalue weighted by molar-refractivity contribution is 6.21. The molecule has 1 aliphatic heterocycles. The summed E-state index contributed by atoms with van der Waals surface area (Å²) in [5, 5.41) is 2.32. The zero-order valence-corrected chi connectivity index (χ0v) is 14.8. The van der Waals surface area contributed by atoms with E-state index < -0.39 is 0 Å². The Bertz CT molecular complexity index is 876. The van der Waals surface area contributed by atoms with Crippen LogP contribution >= 0.6 is 0 Å². The second kappa shape index (κ2) is 8.40. The lowest BCUT2D eigenvalue weighted by atomic mass is 10.0. The Kier molecular flexibility index (Phi) is 6.25. The second-order valence-electron chi connectivity index (χ2n) is 5.63. The second-order valence-corrected chi connectivity index (χ2v) is 5.63. The van der Waals surface area contributed by atoms with Crippen molar-refractivity contribution >= 4 is 24.0 Å². The Labute approximate surface area is 148 Å². The van der Waals surface area contributed by atoms with Crippen LogP contribution < -0.4 is 16.2 Å². The molecule has 0 bridgehead atoms. The maximum absolute atomic E-state index is 12.6. The fourth-order valence-electron chi connectivity index (χ4n) is 3.12. The first-order valence-electron chi connectivity index (χ1n) is 8.39. The van der Waals surface area contributed by atoms with Crippen LogP contribution in [0.5, 0.6) is 0 Å². The third-order valence-corrected chi connectivity index (χ3v) is 4.22. The topological polar surface area (TPSA) is 63.4 Å². The van der Waals surface area contributed by atoms with Crippen molar-refractivity contribution in [3.8, 4) is 0 Å². The maximum Gasteiger partial charge on any atom is 0.261 e. The summed E-state index contributed by atoms with van der Waals surface area (Å²) in [6.07, 6.45) is 11.3. The molecule has 4 nitrogen and oxygen atoms in total. The lowest BCUT2D eigenvalue weighted by Gasteiger charge is -2.16. The number of carbonyl (C=O) groups is 2. The number of carbonyl (C=O) groups excluding carboxylic acids is 2. The summed E-state index contributed by atoms with van der Waals surface area (Å²) in [6, 6.07) is 6.03. The molecular weight excluding hydrogens is 312 g/mol. The molecule has 3 rings (SSSR count). The molecular formula is C21H24N2O2. The molecule has 130 valence electrons. The van der Waals surface area contributed by atoms with Gasteiger partial charge in [0.15, 0.2) is 0 Å². The average Bonchev–Trinajstić information content (AvgIpc) is 2.88. The number of allylic oxidation sites excluding steroid dienone is 1. The molecule has 1 aliphatic carbocycles. The van der Waals surface area contributed by atoms with Crippen LogP contribution in [-0.4, -0.2) is 23.8 Å². The number of nitrogens with two attached hydrogens (primary N) is 1. The van der Waals surface area contributed by atoms with Crippen LogP contribution in [-0.2, 0) is 16.1 Å². The van der Waals surface area contributed by atoms with Crippen molar-refractivity contribution in [2.45, 2.75) is 26.3 Å². The van der Waals surface area contributed by atoms with Gasteiger partial charge < -0.3 is 5.73 Å². The number of rotatable bonds is 4. The fraction of sp³-hybridized carbons (Fsp3) is 0.238. The summed E-state index contributed by atoms with van der Waals surface area (Å²) >= 11 is 0. The lowest BCUT2D eigenvalue weighted by molar-refractivity contribution is -0.138. The molecule has 1 aromatic rings. The van der Waals surface area contributed by atoms with Crippen molar-refractivity contribution < 1.29 is 9.59 Å². The molecule has 0 saturated carbocycles. The molecule has 2 N–H and O–H groups in total. The molecule has 0 fully saturated rings. The molecule has 2 amide bonds. The van der Waals surface area contributed by atoms with Gasteiger partial charge in [0.25, 0.3) is 11.8 Å². The zero-order chi connectivity index (χ0) is 18.4. The van der Waals surface area contributed by atoms with Gasteiger partial charge in [-0.3, -0.25) is 14.5 Å². The van der Waals surface area contributed by atoms with Crippen LogP contribution in [0.4, 0.5) is 0 Å². The smallest absolute Gasteiger partial charge is 0.261 e. The number of amides is 2. The largest absolute Gasteiger partial charge is 0.333 e. The van der Waals surface area contributed by atoms with Gasteiger partial charge in [0.1, 0.15) is 0 Å². The molecule has 0 unspecified atom stereocenters. The quantitative estimate of drug-likeness (QED) is 0.849. The fourth-order valence-corrected chi connectivity index (χ4v) is 3.12. The van der Waals surface area contributed by atoms with Gasteiger partial charge in [0, 0.05) is 0 Å². The van der Waals surface area contributed by atoms with Crippen LogP contribution in [0.2, 0.25) is 0 Å². The summed E-state index contributed by atoms with van der Waals surface area (Å²) in [5.74, 6) is -0.518. The first-order valence-corrected chi connectivity index (χ1v) is 8.39. The Morgan fingerprint density at radius 1 is 1.12 bits per heavy atom. The van der Waals surface area contributed by atoms with Crippen molar-refractivity contribution in [1.29, 1.82) is 0 Å². The maximum atomic E-state index is 12.6. The molecule has 25 heavy (non-hydrogen) atoms. The van der Waals surface area contributed by atoms with Crippen molar-refractivity contribution in [2.24, 2.45) is 5.73 Å². The van der Waals surface area contributed by atoms with E-state index in [1.54, 1.807) is 12.2 Å². The van der Waals surface area contributed by atoms with Crippen molar-refractivity contribution in [1.82, 2.24) is 4.90 Å². The van der Waals surface area contributed by atoms with E-state index in [4.69, 9.17) is 0 Å². The first kappa shape index (κ1) is 18.6. The zero-order valence-electron chi connectivity index (χ0n) is 14.8. The van der Waals surface area contributed by atoms with Gasteiger partial charge >= 0.3 is 0 Å². The van der Waals surface area contributed by atoms with Crippen molar-refractivity contribution in [2.75, 3.05) is 7.05 Å². The highest BCUT2D eigenvalue weighted by Crippen LogP contribution is 2.24. The summed E-state index contributed by atoms with van der Waals surface area (Å²) in [6.45, 7) is 5.79. The monoisotopic (exact) mass is 336 g/mol. The summed E-state index contributed by atoms with van der Waals surface area (Å²) in [7, 11) is 1.50. The number of benzene rings is 1. The van der Waals surface area contributed by atoms with Crippen LogP contribution in [0.25, 0.3) is 12.2 Å². The van der Waals surface area contributed by atoms with Gasteiger partial charge in [-0.15, -0.1) is 0 Å². The predicted molar refractivity (Wildman–Crippen MR) is 102 cm³/mol. The normalized spacial score (nSPS) is 16.2.